The lowest BCUT2D eigenvalue weighted by atomic mass is 10.0. The lowest BCUT2D eigenvalue weighted by molar-refractivity contribution is 0.598. The van der Waals surface area contributed by atoms with Crippen molar-refractivity contribution in [1.82, 2.24) is 0 Å². The van der Waals surface area contributed by atoms with E-state index in [9.17, 15) is 8.42 Å². The number of hydrazone groups is 1. The molecule has 2 heterocycles. The maximum atomic E-state index is 11.5. The first-order valence-electron chi connectivity index (χ1n) is 8.11. The van der Waals surface area contributed by atoms with Gasteiger partial charge in [0.25, 0.3) is 0 Å². The van der Waals surface area contributed by atoms with Gasteiger partial charge >= 0.3 is 0 Å². The summed E-state index contributed by atoms with van der Waals surface area (Å²) >= 11 is 1.67. The number of hydrogen-bond donors (Lipinski definition) is 1. The molecule has 0 saturated carbocycles. The summed E-state index contributed by atoms with van der Waals surface area (Å²) < 4.78 is 23.0. The van der Waals surface area contributed by atoms with Gasteiger partial charge in [0.1, 0.15) is 0 Å². The van der Waals surface area contributed by atoms with Crippen LogP contribution in [0.15, 0.2) is 82.1 Å². The molecule has 0 fully saturated rings. The molecule has 1 aromatic heterocycles. The Kier molecular flexibility index (Phi) is 4.36. The normalized spacial score (nSPS) is 17.3. The SMILES string of the molecule is NS(=O)(=O)c1ccc(N2N=C(c3cccs3)CC2c2ccccc2)cc1. The largest absolute Gasteiger partial charge is 0.257 e. The standard InChI is InChI=1S/C19H17N3O2S2/c20-26(23,24)16-10-8-15(9-11-16)22-18(14-5-2-1-3-6-14)13-17(21-22)19-7-4-12-25-19/h1-12,18H,13H2,(H2,20,23,24). The Morgan fingerprint density at radius 1 is 1.00 bits per heavy atom. The van der Waals surface area contributed by atoms with Gasteiger partial charge in [-0.05, 0) is 41.3 Å². The van der Waals surface area contributed by atoms with E-state index in [1.54, 1.807) is 23.5 Å². The molecule has 7 heteroatoms. The highest BCUT2D eigenvalue weighted by Gasteiger charge is 2.30. The fourth-order valence-electron chi connectivity index (χ4n) is 3.06. The number of rotatable bonds is 4. The predicted molar refractivity (Wildman–Crippen MR) is 105 cm³/mol. The molecule has 5 nitrogen and oxygen atoms in total. The van der Waals surface area contributed by atoms with Crippen molar-refractivity contribution in [1.29, 1.82) is 0 Å². The van der Waals surface area contributed by atoms with Gasteiger partial charge < -0.3 is 0 Å². The third-order valence-electron chi connectivity index (χ3n) is 4.33. The Bertz CT molecular complexity index is 1030. The molecular formula is C19H17N3O2S2. The third-order valence-corrected chi connectivity index (χ3v) is 6.18. The van der Waals surface area contributed by atoms with Crippen LogP contribution in [0.2, 0.25) is 0 Å². The molecule has 1 atom stereocenters. The summed E-state index contributed by atoms with van der Waals surface area (Å²) in [5.41, 5.74) is 3.03. The van der Waals surface area contributed by atoms with Crippen LogP contribution in [0.5, 0.6) is 0 Å². The molecule has 2 N–H and O–H groups in total. The van der Waals surface area contributed by atoms with Crippen LogP contribution in [-0.4, -0.2) is 14.1 Å². The number of nitrogens with zero attached hydrogens (tertiary/aromatic N) is 2. The Labute approximate surface area is 156 Å². The second kappa shape index (κ2) is 6.68. The van der Waals surface area contributed by atoms with Gasteiger partial charge in [-0.25, -0.2) is 13.6 Å². The average Bonchev–Trinajstić information content (AvgIpc) is 3.31. The summed E-state index contributed by atoms with van der Waals surface area (Å²) in [6, 6.07) is 20.9. The number of thiophene rings is 1. The third kappa shape index (κ3) is 3.29. The Morgan fingerprint density at radius 2 is 1.73 bits per heavy atom. The topological polar surface area (TPSA) is 75.8 Å². The van der Waals surface area contributed by atoms with Gasteiger partial charge in [0.2, 0.25) is 10.0 Å². The molecule has 0 amide bonds. The lowest BCUT2D eigenvalue weighted by Gasteiger charge is -2.24. The first-order valence-corrected chi connectivity index (χ1v) is 10.5. The van der Waals surface area contributed by atoms with E-state index < -0.39 is 10.0 Å². The van der Waals surface area contributed by atoms with Crippen LogP contribution < -0.4 is 10.1 Å². The molecule has 3 aromatic rings. The van der Waals surface area contributed by atoms with Gasteiger partial charge in [-0.15, -0.1) is 11.3 Å². The van der Waals surface area contributed by atoms with Crippen molar-refractivity contribution in [3.63, 3.8) is 0 Å². The van der Waals surface area contributed by atoms with E-state index in [-0.39, 0.29) is 10.9 Å². The molecule has 1 aliphatic heterocycles. The first kappa shape index (κ1) is 17.0. The van der Waals surface area contributed by atoms with E-state index in [2.05, 4.69) is 18.2 Å². The minimum atomic E-state index is -3.71. The van der Waals surface area contributed by atoms with Gasteiger partial charge in [-0.3, -0.25) is 5.01 Å². The van der Waals surface area contributed by atoms with Crippen LogP contribution in [0.4, 0.5) is 5.69 Å². The summed E-state index contributed by atoms with van der Waals surface area (Å²) in [4.78, 5) is 1.24. The number of hydrogen-bond acceptors (Lipinski definition) is 5. The van der Waals surface area contributed by atoms with Crippen LogP contribution in [-0.2, 0) is 10.0 Å². The minimum Gasteiger partial charge on any atom is -0.257 e. The monoisotopic (exact) mass is 383 g/mol. The Morgan fingerprint density at radius 3 is 2.35 bits per heavy atom. The minimum absolute atomic E-state index is 0.0635. The maximum absolute atomic E-state index is 11.5. The summed E-state index contributed by atoms with van der Waals surface area (Å²) in [5, 5.41) is 14.0. The molecule has 1 aliphatic rings. The van der Waals surface area contributed by atoms with E-state index in [0.29, 0.717) is 0 Å². The number of nitrogens with two attached hydrogens (primary N) is 1. The highest BCUT2D eigenvalue weighted by Crippen LogP contribution is 2.37. The predicted octanol–water partition coefficient (Wildman–Crippen LogP) is 3.75. The van der Waals surface area contributed by atoms with Crippen LogP contribution in [0.1, 0.15) is 22.9 Å². The summed E-state index contributed by atoms with van der Waals surface area (Å²) in [6.07, 6.45) is 0.793. The van der Waals surface area contributed by atoms with Gasteiger partial charge in [0.05, 0.1) is 27.2 Å². The summed E-state index contributed by atoms with van der Waals surface area (Å²) in [7, 11) is -3.71. The van der Waals surface area contributed by atoms with Crippen LogP contribution in [0.25, 0.3) is 0 Å². The zero-order valence-electron chi connectivity index (χ0n) is 13.8. The smallest absolute Gasteiger partial charge is 0.238 e. The number of anilines is 1. The van der Waals surface area contributed by atoms with Gasteiger partial charge in [0, 0.05) is 6.42 Å². The number of primary sulfonamides is 1. The van der Waals surface area contributed by atoms with Crippen LogP contribution in [0.3, 0.4) is 0 Å². The zero-order valence-corrected chi connectivity index (χ0v) is 15.5. The summed E-state index contributed by atoms with van der Waals surface area (Å²) in [6.45, 7) is 0. The number of sulfonamides is 1. The highest BCUT2D eigenvalue weighted by atomic mass is 32.2. The molecule has 1 unspecified atom stereocenters. The molecule has 0 aliphatic carbocycles. The van der Waals surface area contributed by atoms with Crippen LogP contribution in [0, 0.1) is 0 Å². The van der Waals surface area contributed by atoms with Gasteiger partial charge in [0.15, 0.2) is 0 Å². The van der Waals surface area contributed by atoms with Crippen molar-refractivity contribution in [2.24, 2.45) is 10.2 Å². The van der Waals surface area contributed by atoms with Gasteiger partial charge in [-0.1, -0.05) is 36.4 Å². The molecule has 2 aromatic carbocycles. The molecule has 0 saturated heterocycles. The van der Waals surface area contributed by atoms with E-state index in [0.717, 1.165) is 22.7 Å². The maximum Gasteiger partial charge on any atom is 0.238 e. The van der Waals surface area contributed by atoms with Crippen molar-refractivity contribution in [3.8, 4) is 0 Å². The summed E-state index contributed by atoms with van der Waals surface area (Å²) in [5.74, 6) is 0. The van der Waals surface area contributed by atoms with Crippen molar-refractivity contribution in [2.75, 3.05) is 5.01 Å². The van der Waals surface area contributed by atoms with E-state index >= 15 is 0 Å². The van der Waals surface area contributed by atoms with E-state index in [1.807, 2.05) is 34.7 Å². The van der Waals surface area contributed by atoms with Crippen molar-refractivity contribution in [2.45, 2.75) is 17.4 Å². The molecule has 26 heavy (non-hydrogen) atoms. The number of benzene rings is 2. The Balaban J connectivity index is 1.74. The Hall–Kier alpha value is -2.48. The fraction of sp³-hybridized carbons (Fsp3) is 0.105. The highest BCUT2D eigenvalue weighted by molar-refractivity contribution is 7.89. The molecule has 4 rings (SSSR count). The van der Waals surface area contributed by atoms with E-state index in [1.165, 1.54) is 17.7 Å². The first-order chi connectivity index (χ1) is 12.5. The molecular weight excluding hydrogens is 366 g/mol. The van der Waals surface area contributed by atoms with E-state index in [4.69, 9.17) is 10.2 Å². The quantitative estimate of drug-likeness (QED) is 0.745. The van der Waals surface area contributed by atoms with Crippen molar-refractivity contribution >= 4 is 32.8 Å². The zero-order chi connectivity index (χ0) is 18.1. The fourth-order valence-corrected chi connectivity index (χ4v) is 4.30. The second-order valence-corrected chi connectivity index (χ2v) is 8.55. The second-order valence-electron chi connectivity index (χ2n) is 6.04. The van der Waals surface area contributed by atoms with Crippen LogP contribution >= 0.6 is 11.3 Å². The van der Waals surface area contributed by atoms with Crippen molar-refractivity contribution < 1.29 is 8.42 Å². The molecule has 132 valence electrons. The average molecular weight is 383 g/mol. The molecule has 0 spiro atoms. The van der Waals surface area contributed by atoms with Crippen molar-refractivity contribution in [3.05, 3.63) is 82.6 Å². The molecule has 0 radical (unpaired) electrons. The lowest BCUT2D eigenvalue weighted by Crippen LogP contribution is -2.19. The van der Waals surface area contributed by atoms with Gasteiger partial charge in [-0.2, -0.15) is 5.10 Å². The molecule has 0 bridgehead atoms.